The van der Waals surface area contributed by atoms with Crippen LogP contribution in [0.3, 0.4) is 0 Å². The van der Waals surface area contributed by atoms with E-state index < -0.39 is 0 Å². The van der Waals surface area contributed by atoms with Crippen molar-refractivity contribution in [2.24, 2.45) is 11.8 Å². The number of hydrogen-bond acceptors (Lipinski definition) is 2. The Bertz CT molecular complexity index is 294. The summed E-state index contributed by atoms with van der Waals surface area (Å²) in [7, 11) is 0. The Balaban J connectivity index is 2.00. The quantitative estimate of drug-likeness (QED) is 0.678. The van der Waals surface area contributed by atoms with E-state index in [1.807, 2.05) is 18.2 Å². The zero-order valence-corrected chi connectivity index (χ0v) is 8.06. The highest BCUT2D eigenvalue weighted by Gasteiger charge is 2.27. The highest BCUT2D eigenvalue weighted by molar-refractivity contribution is 5.54. The van der Waals surface area contributed by atoms with Crippen molar-refractivity contribution >= 4 is 6.29 Å². The molecule has 1 heterocycles. The zero-order valence-electron chi connectivity index (χ0n) is 8.06. The van der Waals surface area contributed by atoms with Gasteiger partial charge in [0.1, 0.15) is 6.29 Å². The molecule has 2 unspecified atom stereocenters. The molecule has 0 saturated carbocycles. The molecule has 74 valence electrons. The fourth-order valence-corrected chi connectivity index (χ4v) is 1.89. The van der Waals surface area contributed by atoms with Crippen LogP contribution >= 0.6 is 0 Å². The summed E-state index contributed by atoms with van der Waals surface area (Å²) in [6, 6.07) is 10.3. The lowest BCUT2D eigenvalue weighted by Crippen LogP contribution is -2.16. The monoisotopic (exact) mass is 190 g/mol. The molecular weight excluding hydrogens is 176 g/mol. The number of carbonyl (C=O) groups excluding carboxylic acids is 1. The molecule has 0 N–H and O–H groups in total. The minimum atomic E-state index is 0.0928. The van der Waals surface area contributed by atoms with Crippen LogP contribution in [0.4, 0.5) is 0 Å². The van der Waals surface area contributed by atoms with E-state index in [4.69, 9.17) is 4.74 Å². The Hall–Kier alpha value is -1.15. The maximum absolute atomic E-state index is 10.7. The van der Waals surface area contributed by atoms with E-state index in [1.165, 1.54) is 5.56 Å². The van der Waals surface area contributed by atoms with E-state index >= 15 is 0 Å². The largest absolute Gasteiger partial charge is 0.380 e. The number of rotatable bonds is 3. The molecule has 2 rings (SSSR count). The normalized spacial score (nSPS) is 26.3. The molecule has 1 saturated heterocycles. The molecule has 1 aliphatic heterocycles. The third-order valence-electron chi connectivity index (χ3n) is 2.76. The number of hydrogen-bond donors (Lipinski definition) is 0. The molecule has 0 amide bonds. The van der Waals surface area contributed by atoms with Gasteiger partial charge < -0.3 is 9.53 Å². The van der Waals surface area contributed by atoms with Gasteiger partial charge in [-0.1, -0.05) is 30.3 Å². The number of benzene rings is 1. The van der Waals surface area contributed by atoms with Crippen molar-refractivity contribution in [3.63, 3.8) is 0 Å². The molecule has 14 heavy (non-hydrogen) atoms. The number of aldehydes is 1. The van der Waals surface area contributed by atoms with Crippen molar-refractivity contribution in [2.45, 2.75) is 6.42 Å². The first kappa shape index (κ1) is 9.41. The van der Waals surface area contributed by atoms with Gasteiger partial charge in [-0.05, 0) is 17.9 Å². The second kappa shape index (κ2) is 4.38. The summed E-state index contributed by atoms with van der Waals surface area (Å²) in [5.41, 5.74) is 1.29. The molecule has 1 fully saturated rings. The molecule has 0 aromatic heterocycles. The Labute approximate surface area is 83.9 Å². The zero-order chi connectivity index (χ0) is 9.80. The number of carbonyl (C=O) groups is 1. The fraction of sp³-hybridized carbons (Fsp3) is 0.417. The fourth-order valence-electron chi connectivity index (χ4n) is 1.89. The molecule has 2 nitrogen and oxygen atoms in total. The Morgan fingerprint density at radius 2 is 2.07 bits per heavy atom. The van der Waals surface area contributed by atoms with E-state index in [9.17, 15) is 4.79 Å². The van der Waals surface area contributed by atoms with Gasteiger partial charge in [0.25, 0.3) is 0 Å². The molecular formula is C12H14O2. The third kappa shape index (κ3) is 2.02. The maximum Gasteiger partial charge on any atom is 0.125 e. The topological polar surface area (TPSA) is 26.3 Å². The van der Waals surface area contributed by atoms with Crippen LogP contribution in [0.25, 0.3) is 0 Å². The van der Waals surface area contributed by atoms with Crippen LogP contribution in [0.2, 0.25) is 0 Å². The summed E-state index contributed by atoms with van der Waals surface area (Å²) in [6.45, 7) is 1.32. The van der Waals surface area contributed by atoms with Crippen LogP contribution in [0.15, 0.2) is 30.3 Å². The van der Waals surface area contributed by atoms with Gasteiger partial charge in [-0.25, -0.2) is 0 Å². The Morgan fingerprint density at radius 3 is 2.79 bits per heavy atom. The molecule has 0 radical (unpaired) electrons. The van der Waals surface area contributed by atoms with Gasteiger partial charge in [-0.3, -0.25) is 0 Å². The standard InChI is InChI=1S/C12H14O2/c13-7-12-9-14-8-11(12)6-10-4-2-1-3-5-10/h1-5,7,11-12H,6,8-9H2. The average molecular weight is 190 g/mol. The van der Waals surface area contributed by atoms with Crippen molar-refractivity contribution in [1.82, 2.24) is 0 Å². The summed E-state index contributed by atoms with van der Waals surface area (Å²) in [6.07, 6.45) is 1.98. The van der Waals surface area contributed by atoms with Crippen LogP contribution < -0.4 is 0 Å². The van der Waals surface area contributed by atoms with Crippen molar-refractivity contribution < 1.29 is 9.53 Å². The van der Waals surface area contributed by atoms with Crippen molar-refractivity contribution in [1.29, 1.82) is 0 Å². The predicted octanol–water partition coefficient (Wildman–Crippen LogP) is 1.69. The summed E-state index contributed by atoms with van der Waals surface area (Å²) < 4.78 is 5.30. The second-order valence-electron chi connectivity index (χ2n) is 3.79. The summed E-state index contributed by atoms with van der Waals surface area (Å²) in [4.78, 5) is 10.7. The lowest BCUT2D eigenvalue weighted by atomic mass is 9.91. The minimum Gasteiger partial charge on any atom is -0.380 e. The second-order valence-corrected chi connectivity index (χ2v) is 3.79. The van der Waals surface area contributed by atoms with E-state index in [0.29, 0.717) is 12.5 Å². The molecule has 1 aliphatic rings. The molecule has 0 bridgehead atoms. The lowest BCUT2D eigenvalue weighted by molar-refractivity contribution is -0.111. The molecule has 2 atom stereocenters. The smallest absolute Gasteiger partial charge is 0.125 e. The van der Waals surface area contributed by atoms with Crippen LogP contribution in [0, 0.1) is 11.8 Å². The van der Waals surface area contributed by atoms with E-state index in [2.05, 4.69) is 12.1 Å². The highest BCUT2D eigenvalue weighted by Crippen LogP contribution is 2.22. The first-order valence-corrected chi connectivity index (χ1v) is 4.97. The number of ether oxygens (including phenoxy) is 1. The maximum atomic E-state index is 10.7. The Morgan fingerprint density at radius 1 is 1.29 bits per heavy atom. The van der Waals surface area contributed by atoms with Gasteiger partial charge in [0.05, 0.1) is 13.2 Å². The van der Waals surface area contributed by atoms with Gasteiger partial charge in [0, 0.05) is 5.92 Å². The van der Waals surface area contributed by atoms with Crippen molar-refractivity contribution in [3.8, 4) is 0 Å². The lowest BCUT2D eigenvalue weighted by Gasteiger charge is -2.11. The van der Waals surface area contributed by atoms with Gasteiger partial charge >= 0.3 is 0 Å². The molecule has 1 aromatic rings. The van der Waals surface area contributed by atoms with Crippen LogP contribution in [-0.2, 0) is 16.0 Å². The van der Waals surface area contributed by atoms with Gasteiger partial charge in [0.15, 0.2) is 0 Å². The predicted molar refractivity (Wildman–Crippen MR) is 54.0 cm³/mol. The van der Waals surface area contributed by atoms with Gasteiger partial charge in [-0.15, -0.1) is 0 Å². The molecule has 0 spiro atoms. The molecule has 2 heteroatoms. The van der Waals surface area contributed by atoms with Gasteiger partial charge in [0.2, 0.25) is 0 Å². The van der Waals surface area contributed by atoms with Crippen LogP contribution in [-0.4, -0.2) is 19.5 Å². The Kier molecular flexibility index (Phi) is 2.94. The van der Waals surface area contributed by atoms with Crippen LogP contribution in [0.5, 0.6) is 0 Å². The van der Waals surface area contributed by atoms with E-state index in [0.717, 1.165) is 19.3 Å². The summed E-state index contributed by atoms with van der Waals surface area (Å²) in [5, 5.41) is 0. The summed E-state index contributed by atoms with van der Waals surface area (Å²) in [5.74, 6) is 0.463. The average Bonchev–Trinajstić information content (AvgIpc) is 2.67. The minimum absolute atomic E-state index is 0.0928. The highest BCUT2D eigenvalue weighted by atomic mass is 16.5. The SMILES string of the molecule is O=CC1COCC1Cc1ccccc1. The molecule has 0 aliphatic carbocycles. The van der Waals surface area contributed by atoms with E-state index in [-0.39, 0.29) is 5.92 Å². The molecule has 1 aromatic carbocycles. The summed E-state index contributed by atoms with van der Waals surface area (Å²) >= 11 is 0. The third-order valence-corrected chi connectivity index (χ3v) is 2.76. The van der Waals surface area contributed by atoms with Gasteiger partial charge in [-0.2, -0.15) is 0 Å². The first-order chi connectivity index (χ1) is 6.90. The van der Waals surface area contributed by atoms with E-state index in [1.54, 1.807) is 0 Å². The van der Waals surface area contributed by atoms with Crippen molar-refractivity contribution in [3.05, 3.63) is 35.9 Å². The first-order valence-electron chi connectivity index (χ1n) is 4.97. The van der Waals surface area contributed by atoms with Crippen LogP contribution in [0.1, 0.15) is 5.56 Å². The van der Waals surface area contributed by atoms with Crippen molar-refractivity contribution in [2.75, 3.05) is 13.2 Å².